The van der Waals surface area contributed by atoms with Gasteiger partial charge in [0.05, 0.1) is 42.0 Å². The number of phenols is 1. The van der Waals surface area contributed by atoms with E-state index in [9.17, 15) is 19.8 Å². The van der Waals surface area contributed by atoms with Crippen molar-refractivity contribution in [3.8, 4) is 5.75 Å². The van der Waals surface area contributed by atoms with Gasteiger partial charge in [0.15, 0.2) is 0 Å². The third-order valence-electron chi connectivity index (χ3n) is 3.01. The highest BCUT2D eigenvalue weighted by Crippen LogP contribution is 2.24. The number of hydrogen-bond donors (Lipinski definition) is 2. The molecule has 0 bridgehead atoms. The van der Waals surface area contributed by atoms with Gasteiger partial charge >= 0.3 is 5.97 Å². The Morgan fingerprint density at radius 3 is 2.82 bits per heavy atom. The van der Waals surface area contributed by atoms with E-state index in [1.807, 2.05) is 0 Å². The Morgan fingerprint density at radius 1 is 1.32 bits per heavy atom. The average Bonchev–Trinajstić information content (AvgIpc) is 2.66. The predicted molar refractivity (Wildman–Crippen MR) is 107 cm³/mol. The molecule has 1 aromatic rings. The molecule has 146 valence electrons. The summed E-state index contributed by atoms with van der Waals surface area (Å²) >= 11 is 3.16. The lowest BCUT2D eigenvalue weighted by Crippen LogP contribution is -2.20. The van der Waals surface area contributed by atoms with Crippen LogP contribution in [0.25, 0.3) is 0 Å². The summed E-state index contributed by atoms with van der Waals surface area (Å²) in [4.78, 5) is 33.5. The lowest BCUT2D eigenvalue weighted by Gasteiger charge is -2.06. The maximum absolute atomic E-state index is 11.7. The maximum atomic E-state index is 11.7. The van der Waals surface area contributed by atoms with Gasteiger partial charge in [-0.1, -0.05) is 6.07 Å². The molecular weight excluding hydrogens is 430 g/mol. The minimum Gasteiger partial charge on any atom is -0.507 e. The maximum Gasteiger partial charge on any atom is 0.307 e. The molecule has 1 amide bonds. The summed E-state index contributed by atoms with van der Waals surface area (Å²) in [6.45, 7) is 2.26. The molecular formula is C19H18BrN3O5. The molecule has 1 rings (SSSR count). The van der Waals surface area contributed by atoms with Gasteiger partial charge in [-0.3, -0.25) is 9.59 Å². The van der Waals surface area contributed by atoms with Crippen LogP contribution in [0.3, 0.4) is 0 Å². The molecule has 0 unspecified atom stereocenters. The van der Waals surface area contributed by atoms with Gasteiger partial charge < -0.3 is 14.9 Å². The van der Waals surface area contributed by atoms with E-state index in [1.54, 1.807) is 19.1 Å². The zero-order valence-corrected chi connectivity index (χ0v) is 16.6. The van der Waals surface area contributed by atoms with Crippen molar-refractivity contribution in [3.05, 3.63) is 40.2 Å². The first kappa shape index (κ1) is 23.0. The third-order valence-corrected chi connectivity index (χ3v) is 3.65. The standard InChI is InChI=1S/C19H18BrN3O5/c1-2-28-18(26)6-9-22-11-10-21-7-3-8-23-19(27)17(25)13-14-4-5-16(24)15(20)12-14/h4-5,7,12,17,24-25H,2,6,9,13H2,1H3/t17-/m1/s1. The largest absolute Gasteiger partial charge is 0.507 e. The number of aromatic hydroxyl groups is 1. The summed E-state index contributed by atoms with van der Waals surface area (Å²) in [5.74, 6) is 5.87. The molecule has 0 spiro atoms. The molecule has 8 nitrogen and oxygen atoms in total. The van der Waals surface area contributed by atoms with Crippen molar-refractivity contribution in [3.63, 3.8) is 0 Å². The van der Waals surface area contributed by atoms with E-state index in [2.05, 4.69) is 54.2 Å². The highest BCUT2D eigenvalue weighted by molar-refractivity contribution is 9.10. The number of halogens is 1. The van der Waals surface area contributed by atoms with Crippen molar-refractivity contribution in [2.24, 2.45) is 15.0 Å². The molecule has 2 N–H and O–H groups in total. The number of carbonyl (C=O) groups is 2. The Kier molecular flexibility index (Phi) is 10.9. The monoisotopic (exact) mass is 447 g/mol. The zero-order chi connectivity index (χ0) is 20.8. The van der Waals surface area contributed by atoms with E-state index in [1.165, 1.54) is 6.07 Å². The van der Waals surface area contributed by atoms with Crippen LogP contribution in [0, 0.1) is 0 Å². The molecule has 0 saturated heterocycles. The van der Waals surface area contributed by atoms with Crippen LogP contribution in [0.1, 0.15) is 18.9 Å². The first-order valence-electron chi connectivity index (χ1n) is 8.18. The number of hydrogen-bond acceptors (Lipinski definition) is 7. The Hall–Kier alpha value is -3.01. The van der Waals surface area contributed by atoms with Crippen LogP contribution in [0.5, 0.6) is 5.75 Å². The number of aliphatic hydroxyl groups excluding tert-OH is 1. The van der Waals surface area contributed by atoms with Crippen LogP contribution < -0.4 is 0 Å². The SMILES string of the molecule is CCOC(=O)CCN=C=C=NC=C=C=NC(=O)[C@H](O)Cc1ccc(O)c(Br)c1. The van der Waals surface area contributed by atoms with E-state index in [0.717, 1.165) is 6.20 Å². The van der Waals surface area contributed by atoms with Crippen molar-refractivity contribution in [1.29, 1.82) is 0 Å². The first-order valence-corrected chi connectivity index (χ1v) is 8.97. The number of ether oxygens (including phenoxy) is 1. The van der Waals surface area contributed by atoms with Crippen LogP contribution in [0.4, 0.5) is 0 Å². The normalized spacial score (nSPS) is 10.2. The number of esters is 1. The van der Waals surface area contributed by atoms with Crippen LogP contribution in [-0.2, 0) is 20.7 Å². The summed E-state index contributed by atoms with van der Waals surface area (Å²) in [6.07, 6.45) is -0.0268. The fraction of sp³-hybridized carbons (Fsp3) is 0.316. The summed E-state index contributed by atoms with van der Waals surface area (Å²) < 4.78 is 5.19. The lowest BCUT2D eigenvalue weighted by atomic mass is 10.1. The fourth-order valence-corrected chi connectivity index (χ4v) is 2.17. The van der Waals surface area contributed by atoms with Crippen molar-refractivity contribution < 1.29 is 24.5 Å². The zero-order valence-electron chi connectivity index (χ0n) is 15.1. The molecule has 0 fully saturated rings. The highest BCUT2D eigenvalue weighted by atomic mass is 79.9. The molecule has 1 atom stereocenters. The second kappa shape index (κ2) is 13.2. The average molecular weight is 448 g/mol. The minimum absolute atomic E-state index is 0.0375. The number of carbonyl (C=O) groups excluding carboxylic acids is 2. The second-order valence-corrected chi connectivity index (χ2v) is 5.98. The molecule has 0 aliphatic rings. The number of aliphatic hydroxyl groups is 1. The number of rotatable bonds is 8. The minimum atomic E-state index is -1.35. The Bertz CT molecular complexity index is 902. The third kappa shape index (κ3) is 9.62. The van der Waals surface area contributed by atoms with Crippen molar-refractivity contribution in [1.82, 2.24) is 0 Å². The topological polar surface area (TPSA) is 121 Å². The van der Waals surface area contributed by atoms with E-state index in [4.69, 9.17) is 4.74 Å². The van der Waals surface area contributed by atoms with E-state index in [0.29, 0.717) is 16.6 Å². The summed E-state index contributed by atoms with van der Waals surface area (Å²) in [7, 11) is 0. The summed E-state index contributed by atoms with van der Waals surface area (Å²) in [6, 6.07) is 4.64. The summed E-state index contributed by atoms with van der Waals surface area (Å²) in [5, 5.41) is 19.3. The second-order valence-electron chi connectivity index (χ2n) is 5.13. The molecule has 0 aliphatic carbocycles. The number of amides is 1. The van der Waals surface area contributed by atoms with Crippen LogP contribution in [0.2, 0.25) is 0 Å². The fourth-order valence-electron chi connectivity index (χ4n) is 1.74. The molecule has 0 aliphatic heterocycles. The van der Waals surface area contributed by atoms with Gasteiger partial charge in [-0.15, -0.1) is 0 Å². The number of nitrogens with zero attached hydrogens (tertiary/aromatic N) is 3. The van der Waals surface area contributed by atoms with Gasteiger partial charge in [0.2, 0.25) is 0 Å². The number of aliphatic imine (C=N–C) groups is 3. The molecule has 0 radical (unpaired) electrons. The van der Waals surface area contributed by atoms with Crippen molar-refractivity contribution in [2.75, 3.05) is 13.2 Å². The van der Waals surface area contributed by atoms with Gasteiger partial charge in [0.25, 0.3) is 5.91 Å². The Labute approximate surface area is 170 Å². The van der Waals surface area contributed by atoms with E-state index < -0.39 is 12.0 Å². The van der Waals surface area contributed by atoms with Crippen LogP contribution in [-0.4, -0.2) is 59.0 Å². The molecule has 9 heteroatoms. The molecule has 0 saturated carbocycles. The number of benzene rings is 1. The molecule has 0 aromatic heterocycles. The first-order chi connectivity index (χ1) is 13.4. The van der Waals surface area contributed by atoms with Crippen molar-refractivity contribution in [2.45, 2.75) is 25.9 Å². The van der Waals surface area contributed by atoms with Gasteiger partial charge in [-0.2, -0.15) is 9.98 Å². The molecule has 0 heterocycles. The molecule has 28 heavy (non-hydrogen) atoms. The van der Waals surface area contributed by atoms with Gasteiger partial charge in [0, 0.05) is 12.3 Å². The quantitative estimate of drug-likeness (QED) is 0.357. The smallest absolute Gasteiger partial charge is 0.307 e. The van der Waals surface area contributed by atoms with E-state index in [-0.39, 0.29) is 31.1 Å². The van der Waals surface area contributed by atoms with Crippen molar-refractivity contribution >= 4 is 45.4 Å². The van der Waals surface area contributed by atoms with E-state index >= 15 is 0 Å². The van der Waals surface area contributed by atoms with Gasteiger partial charge in [0.1, 0.15) is 11.9 Å². The number of phenolic OH excluding ortho intramolecular Hbond substituents is 1. The Morgan fingerprint density at radius 2 is 2.11 bits per heavy atom. The van der Waals surface area contributed by atoms with Crippen LogP contribution >= 0.6 is 15.9 Å². The predicted octanol–water partition coefficient (Wildman–Crippen LogP) is 1.77. The highest BCUT2D eigenvalue weighted by Gasteiger charge is 2.15. The summed E-state index contributed by atoms with van der Waals surface area (Å²) in [5.41, 5.74) is 3.03. The van der Waals surface area contributed by atoms with Gasteiger partial charge in [-0.05, 0) is 46.3 Å². The molecule has 1 aromatic carbocycles. The Balaban J connectivity index is 2.52. The van der Waals surface area contributed by atoms with Crippen LogP contribution in [0.15, 0.2) is 49.6 Å². The lowest BCUT2D eigenvalue weighted by molar-refractivity contribution is -0.142. The van der Waals surface area contributed by atoms with Gasteiger partial charge in [-0.25, -0.2) is 4.99 Å².